The van der Waals surface area contributed by atoms with Crippen LogP contribution >= 0.6 is 11.6 Å². The molecule has 4 rings (SSSR count). The van der Waals surface area contributed by atoms with Crippen molar-refractivity contribution in [1.82, 2.24) is 4.57 Å². The van der Waals surface area contributed by atoms with Crippen LogP contribution in [0.5, 0.6) is 11.5 Å². The van der Waals surface area contributed by atoms with Crippen molar-refractivity contribution in [3.63, 3.8) is 0 Å². The lowest BCUT2D eigenvalue weighted by Crippen LogP contribution is -2.09. The lowest BCUT2D eigenvalue weighted by Gasteiger charge is -2.11. The first-order valence-corrected chi connectivity index (χ1v) is 7.51. The topological polar surface area (TPSA) is 60.7 Å². The molecule has 0 fully saturated rings. The van der Waals surface area contributed by atoms with E-state index in [1.165, 1.54) is 18.2 Å². The van der Waals surface area contributed by atoms with Crippen LogP contribution < -0.4 is 9.47 Å². The van der Waals surface area contributed by atoms with Crippen molar-refractivity contribution in [2.75, 3.05) is 6.79 Å². The molecule has 3 aromatic rings. The van der Waals surface area contributed by atoms with Crippen molar-refractivity contribution >= 4 is 28.5 Å². The number of carboxylic acid groups (broad SMARTS) is 1. The zero-order valence-electron chi connectivity index (χ0n) is 12.3. The van der Waals surface area contributed by atoms with Crippen LogP contribution in [-0.2, 0) is 6.54 Å². The highest BCUT2D eigenvalue weighted by Gasteiger charge is 2.20. The minimum atomic E-state index is -1.09. The summed E-state index contributed by atoms with van der Waals surface area (Å²) in [5.41, 5.74) is 1.36. The Labute approximate surface area is 140 Å². The Kier molecular flexibility index (Phi) is 3.35. The molecule has 5 nitrogen and oxygen atoms in total. The Morgan fingerprint density at radius 1 is 1.21 bits per heavy atom. The van der Waals surface area contributed by atoms with Gasteiger partial charge in [0.05, 0.1) is 6.54 Å². The van der Waals surface area contributed by atoms with Gasteiger partial charge in [-0.1, -0.05) is 11.6 Å². The number of fused-ring (bicyclic) bond motifs is 2. The molecule has 1 aromatic heterocycles. The first-order valence-electron chi connectivity index (χ1n) is 7.13. The van der Waals surface area contributed by atoms with Gasteiger partial charge in [0.25, 0.3) is 0 Å². The number of nitrogens with zero attached hydrogens (tertiary/aromatic N) is 1. The van der Waals surface area contributed by atoms with E-state index < -0.39 is 11.8 Å². The maximum atomic E-state index is 13.4. The predicted molar refractivity (Wildman–Crippen MR) is 85.5 cm³/mol. The number of aromatic carboxylic acids is 1. The first kappa shape index (κ1) is 14.8. The molecule has 0 spiro atoms. The molecule has 0 aliphatic carbocycles. The van der Waals surface area contributed by atoms with E-state index in [0.29, 0.717) is 33.0 Å². The standard InChI is InChI=1S/C17H11ClFNO4/c18-12-6-16-15(23-8-24-16)5-10(12)7-20-13-2-1-11(19)3-9(13)4-14(20)17(21)22/h1-6H,7-8H2,(H,21,22). The number of hydrogen-bond acceptors (Lipinski definition) is 3. The number of rotatable bonds is 3. The fourth-order valence-corrected chi connectivity index (χ4v) is 3.05. The smallest absolute Gasteiger partial charge is 0.352 e. The van der Waals surface area contributed by atoms with E-state index >= 15 is 0 Å². The van der Waals surface area contributed by atoms with E-state index in [1.807, 2.05) is 0 Å². The molecule has 2 aromatic carbocycles. The lowest BCUT2D eigenvalue weighted by atomic mass is 10.2. The summed E-state index contributed by atoms with van der Waals surface area (Å²) in [5, 5.41) is 10.4. The van der Waals surface area contributed by atoms with Crippen molar-refractivity contribution in [1.29, 1.82) is 0 Å². The lowest BCUT2D eigenvalue weighted by molar-refractivity contribution is 0.0686. The molecular formula is C17H11ClFNO4. The van der Waals surface area contributed by atoms with Crippen LogP contribution in [0.1, 0.15) is 16.1 Å². The monoisotopic (exact) mass is 347 g/mol. The van der Waals surface area contributed by atoms with Gasteiger partial charge in [-0.2, -0.15) is 0 Å². The van der Waals surface area contributed by atoms with Crippen LogP contribution in [0.15, 0.2) is 36.4 Å². The number of benzene rings is 2. The van der Waals surface area contributed by atoms with Crippen LogP contribution in [0.4, 0.5) is 4.39 Å². The molecule has 2 heterocycles. The molecular weight excluding hydrogens is 337 g/mol. The Bertz CT molecular complexity index is 982. The fraction of sp³-hybridized carbons (Fsp3) is 0.118. The Morgan fingerprint density at radius 2 is 1.96 bits per heavy atom. The molecule has 0 amide bonds. The molecule has 1 N–H and O–H groups in total. The van der Waals surface area contributed by atoms with Crippen molar-refractivity contribution in [3.8, 4) is 11.5 Å². The molecule has 0 saturated carbocycles. The van der Waals surface area contributed by atoms with Gasteiger partial charge < -0.3 is 19.1 Å². The average molecular weight is 348 g/mol. The van der Waals surface area contributed by atoms with Gasteiger partial charge >= 0.3 is 5.97 Å². The van der Waals surface area contributed by atoms with Crippen LogP contribution in [0.3, 0.4) is 0 Å². The van der Waals surface area contributed by atoms with Crippen LogP contribution in [0, 0.1) is 5.82 Å². The second kappa shape index (κ2) is 5.42. The SMILES string of the molecule is O=C(O)c1cc2cc(F)ccc2n1Cc1cc2c(cc1Cl)OCO2. The normalized spacial score (nSPS) is 12.8. The zero-order valence-corrected chi connectivity index (χ0v) is 13.0. The number of ether oxygens (including phenoxy) is 2. The fourth-order valence-electron chi connectivity index (χ4n) is 2.84. The van der Waals surface area contributed by atoms with Gasteiger partial charge in [-0.3, -0.25) is 0 Å². The van der Waals surface area contributed by atoms with Crippen LogP contribution in [0.2, 0.25) is 5.02 Å². The molecule has 1 aliphatic heterocycles. The number of hydrogen-bond donors (Lipinski definition) is 1. The van der Waals surface area contributed by atoms with Crippen molar-refractivity contribution in [2.45, 2.75) is 6.54 Å². The summed E-state index contributed by atoms with van der Waals surface area (Å²) < 4.78 is 25.6. The predicted octanol–water partition coefficient (Wildman–Crippen LogP) is 3.91. The van der Waals surface area contributed by atoms with Crippen molar-refractivity contribution in [3.05, 3.63) is 58.5 Å². The quantitative estimate of drug-likeness (QED) is 0.780. The zero-order chi connectivity index (χ0) is 16.8. The van der Waals surface area contributed by atoms with Crippen molar-refractivity contribution < 1.29 is 23.8 Å². The Balaban J connectivity index is 1.85. The van der Waals surface area contributed by atoms with Gasteiger partial charge in [-0.15, -0.1) is 0 Å². The summed E-state index contributed by atoms with van der Waals surface area (Å²) in [7, 11) is 0. The van der Waals surface area contributed by atoms with Crippen molar-refractivity contribution in [2.24, 2.45) is 0 Å². The van der Waals surface area contributed by atoms with E-state index in [2.05, 4.69) is 0 Å². The maximum Gasteiger partial charge on any atom is 0.352 e. The Morgan fingerprint density at radius 3 is 2.71 bits per heavy atom. The minimum Gasteiger partial charge on any atom is -0.477 e. The van der Waals surface area contributed by atoms with E-state index in [4.69, 9.17) is 21.1 Å². The van der Waals surface area contributed by atoms with E-state index in [0.717, 1.165) is 0 Å². The Hall–Kier alpha value is -2.73. The summed E-state index contributed by atoms with van der Waals surface area (Å²) in [6, 6.07) is 8.97. The summed E-state index contributed by atoms with van der Waals surface area (Å²) >= 11 is 6.28. The molecule has 0 radical (unpaired) electrons. The molecule has 0 saturated heterocycles. The highest BCUT2D eigenvalue weighted by atomic mass is 35.5. The number of carboxylic acids is 1. The second-order valence-corrected chi connectivity index (χ2v) is 5.83. The third-order valence-electron chi connectivity index (χ3n) is 3.95. The summed E-state index contributed by atoms with van der Waals surface area (Å²) in [6.07, 6.45) is 0. The van der Waals surface area contributed by atoms with E-state index in [-0.39, 0.29) is 19.0 Å². The van der Waals surface area contributed by atoms with Gasteiger partial charge in [0.1, 0.15) is 11.5 Å². The summed E-state index contributed by atoms with van der Waals surface area (Å²) in [4.78, 5) is 11.5. The van der Waals surface area contributed by atoms with E-state index in [9.17, 15) is 14.3 Å². The molecule has 7 heteroatoms. The highest BCUT2D eigenvalue weighted by Crippen LogP contribution is 2.37. The maximum absolute atomic E-state index is 13.4. The minimum absolute atomic E-state index is 0.0596. The number of carbonyl (C=O) groups is 1. The average Bonchev–Trinajstić information content (AvgIpc) is 3.11. The van der Waals surface area contributed by atoms with Gasteiger partial charge in [0, 0.05) is 22.0 Å². The molecule has 0 bridgehead atoms. The second-order valence-electron chi connectivity index (χ2n) is 5.42. The van der Waals surface area contributed by atoms with Gasteiger partial charge in [0.15, 0.2) is 11.5 Å². The van der Waals surface area contributed by atoms with Crippen LogP contribution in [-0.4, -0.2) is 22.4 Å². The van der Waals surface area contributed by atoms with Gasteiger partial charge in [-0.05, 0) is 35.9 Å². The molecule has 24 heavy (non-hydrogen) atoms. The molecule has 122 valence electrons. The summed E-state index contributed by atoms with van der Waals surface area (Å²) in [6.45, 7) is 0.341. The first-order chi connectivity index (χ1) is 11.5. The third kappa shape index (κ3) is 2.35. The van der Waals surface area contributed by atoms with E-state index in [1.54, 1.807) is 22.8 Å². The molecule has 1 aliphatic rings. The molecule has 0 atom stereocenters. The third-order valence-corrected chi connectivity index (χ3v) is 4.30. The van der Waals surface area contributed by atoms with Gasteiger partial charge in [0.2, 0.25) is 6.79 Å². The van der Waals surface area contributed by atoms with Gasteiger partial charge in [-0.25, -0.2) is 9.18 Å². The molecule has 0 unspecified atom stereocenters. The highest BCUT2D eigenvalue weighted by molar-refractivity contribution is 6.31. The number of halogens is 2. The summed E-state index contributed by atoms with van der Waals surface area (Å²) in [5.74, 6) is -0.392. The largest absolute Gasteiger partial charge is 0.477 e. The van der Waals surface area contributed by atoms with Crippen LogP contribution in [0.25, 0.3) is 10.9 Å². The number of aromatic nitrogens is 1.